The van der Waals surface area contributed by atoms with Crippen LogP contribution in [0.25, 0.3) is 0 Å². The van der Waals surface area contributed by atoms with E-state index in [9.17, 15) is 18.0 Å². The fraction of sp³-hybridized carbons (Fsp3) is 0.900. The molecular formula is C20H38N4O5S. The second-order valence-corrected chi connectivity index (χ2v) is 10.8. The molecule has 0 aromatic rings. The number of hydrogen-bond acceptors (Lipinski definition) is 5. The zero-order valence-electron chi connectivity index (χ0n) is 18.9. The molecule has 0 atom stereocenters. The lowest BCUT2D eigenvalue weighted by atomic mass is 10.1. The van der Waals surface area contributed by atoms with Gasteiger partial charge in [-0.3, -0.25) is 9.59 Å². The van der Waals surface area contributed by atoms with E-state index in [0.29, 0.717) is 51.2 Å². The van der Waals surface area contributed by atoms with Gasteiger partial charge < -0.3 is 14.5 Å². The Bertz CT molecular complexity index is 657. The van der Waals surface area contributed by atoms with E-state index in [-0.39, 0.29) is 26.2 Å². The molecule has 0 bridgehead atoms. The fourth-order valence-electron chi connectivity index (χ4n) is 3.47. The van der Waals surface area contributed by atoms with Gasteiger partial charge in [-0.1, -0.05) is 27.7 Å². The van der Waals surface area contributed by atoms with Crippen molar-refractivity contribution in [3.05, 3.63) is 0 Å². The van der Waals surface area contributed by atoms with Gasteiger partial charge in [0, 0.05) is 52.4 Å². The van der Waals surface area contributed by atoms with Crippen molar-refractivity contribution in [3.63, 3.8) is 0 Å². The number of amides is 2. The summed E-state index contributed by atoms with van der Waals surface area (Å²) in [6, 6.07) is 0. The summed E-state index contributed by atoms with van der Waals surface area (Å²) < 4.78 is 34.7. The Morgan fingerprint density at radius 1 is 0.800 bits per heavy atom. The monoisotopic (exact) mass is 446 g/mol. The van der Waals surface area contributed by atoms with Crippen molar-refractivity contribution in [2.24, 2.45) is 11.8 Å². The first-order valence-electron chi connectivity index (χ1n) is 11.0. The molecule has 30 heavy (non-hydrogen) atoms. The molecule has 2 fully saturated rings. The first-order valence-corrected chi connectivity index (χ1v) is 12.4. The van der Waals surface area contributed by atoms with Gasteiger partial charge in [0.1, 0.15) is 0 Å². The maximum Gasteiger partial charge on any atom is 0.312 e. The Balaban J connectivity index is 1.95. The van der Waals surface area contributed by atoms with Crippen LogP contribution in [-0.2, 0) is 24.5 Å². The maximum absolute atomic E-state index is 13.2. The SMILES string of the molecule is CC(C)CCN(CCC(C)C)S(=O)(=O)N1CCN(C(=O)C(=O)N2CCOCC2)CC1. The lowest BCUT2D eigenvalue weighted by molar-refractivity contribution is -0.154. The van der Waals surface area contributed by atoms with Gasteiger partial charge in [-0.15, -0.1) is 0 Å². The molecule has 0 aromatic carbocycles. The van der Waals surface area contributed by atoms with Crippen LogP contribution in [0.5, 0.6) is 0 Å². The van der Waals surface area contributed by atoms with Crippen LogP contribution in [0.3, 0.4) is 0 Å². The van der Waals surface area contributed by atoms with Crippen LogP contribution in [0.2, 0.25) is 0 Å². The van der Waals surface area contributed by atoms with Gasteiger partial charge in [-0.2, -0.15) is 17.0 Å². The van der Waals surface area contributed by atoms with E-state index in [1.54, 1.807) is 4.31 Å². The molecule has 2 heterocycles. The molecule has 0 saturated carbocycles. The first-order chi connectivity index (χ1) is 14.1. The summed E-state index contributed by atoms with van der Waals surface area (Å²) >= 11 is 0. The van der Waals surface area contributed by atoms with Crippen LogP contribution in [-0.4, -0.2) is 104 Å². The topological polar surface area (TPSA) is 90.5 Å². The van der Waals surface area contributed by atoms with Gasteiger partial charge in [0.15, 0.2) is 0 Å². The number of hydrogen-bond donors (Lipinski definition) is 0. The van der Waals surface area contributed by atoms with Crippen molar-refractivity contribution in [2.75, 3.05) is 65.6 Å². The van der Waals surface area contributed by atoms with Gasteiger partial charge in [0.25, 0.3) is 10.2 Å². The predicted molar refractivity (Wildman–Crippen MR) is 115 cm³/mol. The summed E-state index contributed by atoms with van der Waals surface area (Å²) in [5.41, 5.74) is 0. The summed E-state index contributed by atoms with van der Waals surface area (Å²) in [5, 5.41) is 0. The fourth-order valence-corrected chi connectivity index (χ4v) is 5.09. The van der Waals surface area contributed by atoms with Crippen LogP contribution in [0.4, 0.5) is 0 Å². The average Bonchev–Trinajstić information content (AvgIpc) is 2.72. The van der Waals surface area contributed by atoms with E-state index in [2.05, 4.69) is 27.7 Å². The van der Waals surface area contributed by atoms with Gasteiger partial charge in [0.05, 0.1) is 13.2 Å². The summed E-state index contributed by atoms with van der Waals surface area (Å²) in [5.74, 6) is -0.236. The minimum Gasteiger partial charge on any atom is -0.378 e. The summed E-state index contributed by atoms with van der Waals surface area (Å²) in [4.78, 5) is 28.0. The number of ether oxygens (including phenoxy) is 1. The summed E-state index contributed by atoms with van der Waals surface area (Å²) in [7, 11) is -3.59. The van der Waals surface area contributed by atoms with E-state index in [0.717, 1.165) is 12.8 Å². The van der Waals surface area contributed by atoms with Crippen molar-refractivity contribution in [1.29, 1.82) is 0 Å². The van der Waals surface area contributed by atoms with Crippen molar-refractivity contribution >= 4 is 22.0 Å². The number of nitrogens with zero attached hydrogens (tertiary/aromatic N) is 4. The highest BCUT2D eigenvalue weighted by Gasteiger charge is 2.35. The summed E-state index contributed by atoms with van der Waals surface area (Å²) in [6.45, 7) is 11.9. The minimum atomic E-state index is -3.59. The number of carbonyl (C=O) groups excluding carboxylic acids is 2. The zero-order chi connectivity index (χ0) is 22.3. The van der Waals surface area contributed by atoms with E-state index in [1.165, 1.54) is 14.1 Å². The van der Waals surface area contributed by atoms with Gasteiger partial charge in [-0.25, -0.2) is 0 Å². The normalized spacial score (nSPS) is 19.2. The largest absolute Gasteiger partial charge is 0.378 e. The molecule has 2 saturated heterocycles. The average molecular weight is 447 g/mol. The smallest absolute Gasteiger partial charge is 0.312 e. The van der Waals surface area contributed by atoms with Crippen LogP contribution in [0, 0.1) is 11.8 Å². The third-order valence-corrected chi connectivity index (χ3v) is 7.61. The third kappa shape index (κ3) is 6.90. The van der Waals surface area contributed by atoms with E-state index < -0.39 is 22.0 Å². The molecule has 2 aliphatic rings. The molecular weight excluding hydrogens is 408 g/mol. The standard InChI is InChI=1S/C20H38N4O5S/c1-17(2)5-7-23(8-6-18(3)4)30(27,28)24-11-9-21(10-12-24)19(25)20(26)22-13-15-29-16-14-22/h17-18H,5-16H2,1-4H3. The summed E-state index contributed by atoms with van der Waals surface area (Å²) in [6.07, 6.45) is 1.62. The molecule has 9 nitrogen and oxygen atoms in total. The van der Waals surface area contributed by atoms with E-state index in [4.69, 9.17) is 4.74 Å². The van der Waals surface area contributed by atoms with E-state index in [1.807, 2.05) is 0 Å². The third-order valence-electron chi connectivity index (χ3n) is 5.57. The van der Waals surface area contributed by atoms with Crippen molar-refractivity contribution in [1.82, 2.24) is 18.4 Å². The first kappa shape index (κ1) is 25.0. The molecule has 10 heteroatoms. The Labute approximate surface area is 181 Å². The molecule has 2 rings (SSSR count). The van der Waals surface area contributed by atoms with Crippen molar-refractivity contribution in [3.8, 4) is 0 Å². The number of carbonyl (C=O) groups is 2. The maximum atomic E-state index is 13.2. The highest BCUT2D eigenvalue weighted by Crippen LogP contribution is 2.17. The molecule has 0 aliphatic carbocycles. The minimum absolute atomic E-state index is 0.213. The molecule has 174 valence electrons. The van der Waals surface area contributed by atoms with Gasteiger partial charge >= 0.3 is 11.8 Å². The predicted octanol–water partition coefficient (Wildman–Crippen LogP) is 0.628. The Morgan fingerprint density at radius 3 is 1.67 bits per heavy atom. The quantitative estimate of drug-likeness (QED) is 0.510. The van der Waals surface area contributed by atoms with Crippen molar-refractivity contribution in [2.45, 2.75) is 40.5 Å². The zero-order valence-corrected chi connectivity index (χ0v) is 19.7. The molecule has 2 amide bonds. The number of rotatable bonds is 8. The molecule has 0 spiro atoms. The van der Waals surface area contributed by atoms with Crippen LogP contribution < -0.4 is 0 Å². The molecule has 0 radical (unpaired) electrons. The highest BCUT2D eigenvalue weighted by atomic mass is 32.2. The Kier molecular flexibility index (Phi) is 9.52. The Morgan fingerprint density at radius 2 is 1.23 bits per heavy atom. The van der Waals surface area contributed by atoms with Crippen LogP contribution in [0.15, 0.2) is 0 Å². The second kappa shape index (κ2) is 11.4. The van der Waals surface area contributed by atoms with E-state index >= 15 is 0 Å². The molecule has 0 aromatic heterocycles. The van der Waals surface area contributed by atoms with Gasteiger partial charge in [-0.05, 0) is 24.7 Å². The lowest BCUT2D eigenvalue weighted by Gasteiger charge is -2.37. The van der Waals surface area contributed by atoms with Crippen LogP contribution >= 0.6 is 0 Å². The Hall–Kier alpha value is -1.23. The molecule has 0 N–H and O–H groups in total. The van der Waals surface area contributed by atoms with Gasteiger partial charge in [0.2, 0.25) is 0 Å². The molecule has 2 aliphatic heterocycles. The van der Waals surface area contributed by atoms with Crippen LogP contribution in [0.1, 0.15) is 40.5 Å². The number of morpholine rings is 1. The second-order valence-electron chi connectivity index (χ2n) is 8.87. The van der Waals surface area contributed by atoms with Crippen molar-refractivity contribution < 1.29 is 22.7 Å². The molecule has 0 unspecified atom stereocenters. The number of piperazine rings is 1. The lowest BCUT2D eigenvalue weighted by Crippen LogP contribution is -2.57. The highest BCUT2D eigenvalue weighted by molar-refractivity contribution is 7.86.